The predicted octanol–water partition coefficient (Wildman–Crippen LogP) is 3.63. The Balaban J connectivity index is 1.67. The zero-order valence-corrected chi connectivity index (χ0v) is 17.8. The molecule has 3 aliphatic rings. The minimum Gasteiger partial charge on any atom is -0.483 e. The van der Waals surface area contributed by atoms with Gasteiger partial charge in [-0.1, -0.05) is 26.8 Å². The van der Waals surface area contributed by atoms with Crippen LogP contribution in [0.2, 0.25) is 0 Å². The van der Waals surface area contributed by atoms with Gasteiger partial charge in [-0.15, -0.1) is 11.3 Å². The second-order valence-electron chi connectivity index (χ2n) is 8.23. The molecule has 5 nitrogen and oxygen atoms in total. The lowest BCUT2D eigenvalue weighted by Gasteiger charge is -2.37. The van der Waals surface area contributed by atoms with Crippen LogP contribution < -0.4 is 0 Å². The number of Topliss-reactive ketones (excluding diaryl/α,β-unsaturated/α-hetero) is 1. The lowest BCUT2D eigenvalue weighted by molar-refractivity contribution is -0.136. The van der Waals surface area contributed by atoms with Crippen molar-refractivity contribution in [3.63, 3.8) is 0 Å². The molecule has 2 aliphatic heterocycles. The van der Waals surface area contributed by atoms with E-state index in [9.17, 15) is 9.59 Å². The molecule has 3 heterocycles. The summed E-state index contributed by atoms with van der Waals surface area (Å²) < 4.78 is 6.22. The largest absolute Gasteiger partial charge is 0.483 e. The van der Waals surface area contributed by atoms with Gasteiger partial charge >= 0.3 is 0 Å². The molecule has 1 amide bonds. The van der Waals surface area contributed by atoms with Crippen LogP contribution in [0, 0.1) is 11.8 Å². The molecule has 1 fully saturated rings. The van der Waals surface area contributed by atoms with Gasteiger partial charge in [-0.05, 0) is 49.7 Å². The van der Waals surface area contributed by atoms with E-state index in [1.165, 1.54) is 0 Å². The molecule has 6 heteroatoms. The van der Waals surface area contributed by atoms with E-state index in [1.54, 1.807) is 11.3 Å². The molecule has 1 aliphatic carbocycles. The standard InChI is InChI=1S/C22H30N2O3S/c1-4-23(5-2)10-11-24-19(17-7-6-12-28-17)18-20(25)15-13-14(3)8-9-16(15)27-21(18)22(24)26/h6-7,12,14-16,19H,4-5,8-11,13H2,1-3H3. The van der Waals surface area contributed by atoms with E-state index < -0.39 is 0 Å². The molecule has 4 rings (SSSR count). The third kappa shape index (κ3) is 3.30. The number of thiophene rings is 1. The highest BCUT2D eigenvalue weighted by Gasteiger charge is 2.52. The summed E-state index contributed by atoms with van der Waals surface area (Å²) in [4.78, 5) is 32.0. The minimum atomic E-state index is -0.288. The van der Waals surface area contributed by atoms with Crippen LogP contribution in [0.15, 0.2) is 28.8 Å². The maximum Gasteiger partial charge on any atom is 0.290 e. The topological polar surface area (TPSA) is 49.9 Å². The average molecular weight is 403 g/mol. The van der Waals surface area contributed by atoms with Crippen LogP contribution in [0.3, 0.4) is 0 Å². The Kier molecular flexibility index (Phi) is 5.61. The molecular weight excluding hydrogens is 372 g/mol. The van der Waals surface area contributed by atoms with Crippen LogP contribution in [-0.2, 0) is 14.3 Å². The molecule has 0 bridgehead atoms. The molecule has 0 aromatic carbocycles. The number of likely N-dealkylation sites (N-methyl/N-ethyl adjacent to an activating group) is 1. The maximum atomic E-state index is 13.5. The highest BCUT2D eigenvalue weighted by atomic mass is 32.1. The van der Waals surface area contributed by atoms with Crippen molar-refractivity contribution in [1.29, 1.82) is 0 Å². The lowest BCUT2D eigenvalue weighted by Crippen LogP contribution is -2.41. The number of ether oxygens (including phenoxy) is 1. The first-order valence-electron chi connectivity index (χ1n) is 10.6. The Labute approximate surface area is 171 Å². The molecule has 28 heavy (non-hydrogen) atoms. The van der Waals surface area contributed by atoms with Crippen molar-refractivity contribution < 1.29 is 14.3 Å². The van der Waals surface area contributed by atoms with Crippen molar-refractivity contribution in [1.82, 2.24) is 9.80 Å². The van der Waals surface area contributed by atoms with E-state index in [0.29, 0.717) is 23.8 Å². The third-order valence-corrected chi connectivity index (χ3v) is 7.49. The fourth-order valence-electron chi connectivity index (χ4n) is 4.89. The monoisotopic (exact) mass is 402 g/mol. The van der Waals surface area contributed by atoms with Gasteiger partial charge in [0.1, 0.15) is 6.10 Å². The van der Waals surface area contributed by atoms with Crippen molar-refractivity contribution >= 4 is 23.0 Å². The van der Waals surface area contributed by atoms with Crippen molar-refractivity contribution in [3.05, 3.63) is 33.7 Å². The highest BCUT2D eigenvalue weighted by Crippen LogP contribution is 2.48. The summed E-state index contributed by atoms with van der Waals surface area (Å²) in [6, 6.07) is 3.74. The van der Waals surface area contributed by atoms with E-state index in [-0.39, 0.29) is 29.8 Å². The summed E-state index contributed by atoms with van der Waals surface area (Å²) in [6.45, 7) is 9.79. The van der Waals surface area contributed by atoms with Crippen LogP contribution >= 0.6 is 11.3 Å². The van der Waals surface area contributed by atoms with Gasteiger partial charge in [0.05, 0.1) is 17.5 Å². The summed E-state index contributed by atoms with van der Waals surface area (Å²) in [5, 5.41) is 2.01. The Bertz CT molecular complexity index is 769. The van der Waals surface area contributed by atoms with Gasteiger partial charge in [0.25, 0.3) is 5.91 Å². The first kappa shape index (κ1) is 19.6. The zero-order valence-electron chi connectivity index (χ0n) is 17.0. The minimum absolute atomic E-state index is 0.0968. The second-order valence-corrected chi connectivity index (χ2v) is 9.21. The van der Waals surface area contributed by atoms with E-state index in [4.69, 9.17) is 4.74 Å². The van der Waals surface area contributed by atoms with Crippen molar-refractivity contribution in [2.75, 3.05) is 26.2 Å². The van der Waals surface area contributed by atoms with E-state index in [0.717, 1.165) is 43.8 Å². The number of carbonyl (C=O) groups excluding carboxylic acids is 2. The number of ketones is 1. The molecule has 1 aromatic heterocycles. The van der Waals surface area contributed by atoms with Crippen molar-refractivity contribution in [2.24, 2.45) is 11.8 Å². The Morgan fingerprint density at radius 2 is 2.04 bits per heavy atom. The van der Waals surface area contributed by atoms with Crippen LogP contribution in [0.4, 0.5) is 0 Å². The number of fused-ring (bicyclic) bond motifs is 1. The summed E-state index contributed by atoms with van der Waals surface area (Å²) in [5.74, 6) is 0.812. The number of carbonyl (C=O) groups is 2. The van der Waals surface area contributed by atoms with Crippen LogP contribution in [0.1, 0.15) is 51.0 Å². The molecule has 4 unspecified atom stereocenters. The molecule has 0 radical (unpaired) electrons. The summed E-state index contributed by atoms with van der Waals surface area (Å²) in [6.07, 6.45) is 2.67. The molecular formula is C22H30N2O3S. The normalized spacial score (nSPS) is 29.9. The maximum absolute atomic E-state index is 13.5. The van der Waals surface area contributed by atoms with E-state index in [1.807, 2.05) is 22.4 Å². The SMILES string of the molecule is CCN(CC)CCN1C(=O)C2=C(C(=O)C3CC(C)CCC3O2)C1c1cccs1. The summed E-state index contributed by atoms with van der Waals surface area (Å²) in [7, 11) is 0. The van der Waals surface area contributed by atoms with Gasteiger partial charge in [-0.3, -0.25) is 9.59 Å². The number of rotatable bonds is 6. The summed E-state index contributed by atoms with van der Waals surface area (Å²) in [5.41, 5.74) is 0.613. The Morgan fingerprint density at radius 1 is 1.25 bits per heavy atom. The molecule has 0 N–H and O–H groups in total. The summed E-state index contributed by atoms with van der Waals surface area (Å²) >= 11 is 1.61. The van der Waals surface area contributed by atoms with Gasteiger partial charge in [-0.2, -0.15) is 0 Å². The molecule has 152 valence electrons. The van der Waals surface area contributed by atoms with Gasteiger partial charge in [0.15, 0.2) is 11.5 Å². The van der Waals surface area contributed by atoms with Crippen LogP contribution in [0.25, 0.3) is 0 Å². The number of nitrogens with zero attached hydrogens (tertiary/aromatic N) is 2. The Morgan fingerprint density at radius 3 is 2.71 bits per heavy atom. The lowest BCUT2D eigenvalue weighted by atomic mass is 9.74. The fraction of sp³-hybridized carbons (Fsp3) is 0.636. The predicted molar refractivity (Wildman–Crippen MR) is 110 cm³/mol. The first-order valence-corrected chi connectivity index (χ1v) is 11.4. The van der Waals surface area contributed by atoms with Crippen LogP contribution in [0.5, 0.6) is 0 Å². The zero-order chi connectivity index (χ0) is 19.8. The highest BCUT2D eigenvalue weighted by molar-refractivity contribution is 7.10. The number of amides is 1. The van der Waals surface area contributed by atoms with Gasteiger partial charge in [0, 0.05) is 18.0 Å². The fourth-order valence-corrected chi connectivity index (χ4v) is 5.73. The average Bonchev–Trinajstić information content (AvgIpc) is 3.31. The van der Waals surface area contributed by atoms with Gasteiger partial charge in [-0.25, -0.2) is 0 Å². The van der Waals surface area contributed by atoms with E-state index >= 15 is 0 Å². The molecule has 0 spiro atoms. The number of hydrogen-bond acceptors (Lipinski definition) is 5. The van der Waals surface area contributed by atoms with E-state index in [2.05, 4.69) is 25.7 Å². The number of hydrogen-bond donors (Lipinski definition) is 0. The molecule has 4 atom stereocenters. The Hall–Kier alpha value is -1.66. The van der Waals surface area contributed by atoms with Crippen molar-refractivity contribution in [2.45, 2.75) is 52.2 Å². The van der Waals surface area contributed by atoms with Crippen molar-refractivity contribution in [3.8, 4) is 0 Å². The third-order valence-electron chi connectivity index (χ3n) is 6.57. The molecule has 1 saturated carbocycles. The molecule has 1 aromatic rings. The van der Waals surface area contributed by atoms with Crippen LogP contribution in [-0.4, -0.2) is 53.8 Å². The quantitative estimate of drug-likeness (QED) is 0.729. The second kappa shape index (κ2) is 7.99. The molecule has 0 saturated heterocycles. The smallest absolute Gasteiger partial charge is 0.290 e. The van der Waals surface area contributed by atoms with Gasteiger partial charge in [0.2, 0.25) is 0 Å². The van der Waals surface area contributed by atoms with Gasteiger partial charge < -0.3 is 14.5 Å². The first-order chi connectivity index (χ1) is 13.5.